The topological polar surface area (TPSA) is 54.4 Å². The zero-order valence-corrected chi connectivity index (χ0v) is 12.2. The van der Waals surface area contributed by atoms with Crippen LogP contribution in [0.5, 0.6) is 5.75 Å². The number of hydrogen-bond donors (Lipinski definition) is 2. The van der Waals surface area contributed by atoms with Crippen LogP contribution in [0.15, 0.2) is 30.5 Å². The SMILES string of the molecule is OC(CNc1ncc(C(F)(F)F)s1)c1ccc(OC(F)F)cc1. The first kappa shape index (κ1) is 17.4. The van der Waals surface area contributed by atoms with Gasteiger partial charge in [-0.05, 0) is 17.7 Å². The van der Waals surface area contributed by atoms with Crippen molar-refractivity contribution in [2.24, 2.45) is 0 Å². The van der Waals surface area contributed by atoms with Crippen molar-refractivity contribution in [1.29, 1.82) is 0 Å². The summed E-state index contributed by atoms with van der Waals surface area (Å²) in [5, 5.41) is 12.5. The molecular weight excluding hydrogens is 343 g/mol. The van der Waals surface area contributed by atoms with Crippen molar-refractivity contribution in [3.05, 3.63) is 40.9 Å². The van der Waals surface area contributed by atoms with Crippen LogP contribution in [0, 0.1) is 0 Å². The van der Waals surface area contributed by atoms with Crippen LogP contribution in [0.25, 0.3) is 0 Å². The number of thiazole rings is 1. The Morgan fingerprint density at radius 3 is 2.39 bits per heavy atom. The summed E-state index contributed by atoms with van der Waals surface area (Å²) in [6, 6.07) is 5.28. The fourth-order valence-electron chi connectivity index (χ4n) is 1.66. The van der Waals surface area contributed by atoms with E-state index < -0.39 is 23.8 Å². The van der Waals surface area contributed by atoms with E-state index in [1.807, 2.05) is 0 Å². The fraction of sp³-hybridized carbons (Fsp3) is 0.308. The molecule has 0 aliphatic rings. The largest absolute Gasteiger partial charge is 0.435 e. The second-order valence-electron chi connectivity index (χ2n) is 4.37. The van der Waals surface area contributed by atoms with Crippen LogP contribution in [0.4, 0.5) is 27.1 Å². The maximum absolute atomic E-state index is 12.4. The molecule has 0 radical (unpaired) electrons. The minimum Gasteiger partial charge on any atom is -0.435 e. The van der Waals surface area contributed by atoms with Gasteiger partial charge in [0.2, 0.25) is 0 Å². The van der Waals surface area contributed by atoms with E-state index in [1.165, 1.54) is 24.3 Å². The van der Waals surface area contributed by atoms with E-state index in [2.05, 4.69) is 15.0 Å². The summed E-state index contributed by atoms with van der Waals surface area (Å²) in [6.45, 7) is -3.03. The van der Waals surface area contributed by atoms with Crippen molar-refractivity contribution in [3.8, 4) is 5.75 Å². The molecule has 1 atom stereocenters. The predicted octanol–water partition coefficient (Wildman–Crippen LogP) is 3.91. The van der Waals surface area contributed by atoms with Gasteiger partial charge in [0.1, 0.15) is 10.6 Å². The number of aliphatic hydroxyl groups is 1. The lowest BCUT2D eigenvalue weighted by molar-refractivity contribution is -0.134. The minimum atomic E-state index is -4.46. The maximum atomic E-state index is 12.4. The third-order valence-electron chi connectivity index (χ3n) is 2.72. The van der Waals surface area contributed by atoms with Gasteiger partial charge in [-0.3, -0.25) is 0 Å². The summed E-state index contributed by atoms with van der Waals surface area (Å²) in [4.78, 5) is 2.72. The Morgan fingerprint density at radius 1 is 1.22 bits per heavy atom. The molecule has 2 aromatic rings. The van der Waals surface area contributed by atoms with Gasteiger partial charge in [0.25, 0.3) is 0 Å². The van der Waals surface area contributed by atoms with Gasteiger partial charge in [0, 0.05) is 6.54 Å². The Hall–Kier alpha value is -1.94. The second-order valence-corrected chi connectivity index (χ2v) is 5.40. The molecule has 10 heteroatoms. The normalized spacial score (nSPS) is 13.2. The van der Waals surface area contributed by atoms with E-state index in [4.69, 9.17) is 0 Å². The predicted molar refractivity (Wildman–Crippen MR) is 73.6 cm³/mol. The van der Waals surface area contributed by atoms with Gasteiger partial charge in [-0.2, -0.15) is 22.0 Å². The molecule has 4 nitrogen and oxygen atoms in total. The van der Waals surface area contributed by atoms with Gasteiger partial charge in [-0.15, -0.1) is 0 Å². The van der Waals surface area contributed by atoms with E-state index in [1.54, 1.807) is 0 Å². The van der Waals surface area contributed by atoms with E-state index in [-0.39, 0.29) is 17.4 Å². The molecule has 126 valence electrons. The zero-order valence-electron chi connectivity index (χ0n) is 11.3. The highest BCUT2D eigenvalue weighted by Crippen LogP contribution is 2.35. The third-order valence-corrected chi connectivity index (χ3v) is 3.72. The van der Waals surface area contributed by atoms with E-state index >= 15 is 0 Å². The Morgan fingerprint density at radius 2 is 1.87 bits per heavy atom. The summed E-state index contributed by atoms with van der Waals surface area (Å²) in [7, 11) is 0. The lowest BCUT2D eigenvalue weighted by atomic mass is 10.1. The zero-order chi connectivity index (χ0) is 17.0. The summed E-state index contributed by atoms with van der Waals surface area (Å²) in [6.07, 6.45) is -4.80. The van der Waals surface area contributed by atoms with Crippen molar-refractivity contribution in [3.63, 3.8) is 0 Å². The molecule has 1 unspecified atom stereocenters. The first-order chi connectivity index (χ1) is 10.8. The Labute approximate surface area is 131 Å². The highest BCUT2D eigenvalue weighted by Gasteiger charge is 2.33. The number of halogens is 5. The molecule has 0 saturated carbocycles. The highest BCUT2D eigenvalue weighted by atomic mass is 32.1. The number of rotatable bonds is 6. The molecule has 1 aromatic heterocycles. The second kappa shape index (κ2) is 7.09. The summed E-state index contributed by atoms with van der Waals surface area (Å²) < 4.78 is 65.4. The van der Waals surface area contributed by atoms with Crippen molar-refractivity contribution < 1.29 is 31.8 Å². The van der Waals surface area contributed by atoms with E-state index in [0.717, 1.165) is 0 Å². The minimum absolute atomic E-state index is 0.0222. The van der Waals surface area contributed by atoms with E-state index in [9.17, 15) is 27.1 Å². The molecule has 0 amide bonds. The molecule has 2 N–H and O–H groups in total. The number of benzene rings is 1. The third kappa shape index (κ3) is 5.03. The smallest absolute Gasteiger partial charge is 0.427 e. The Bertz CT molecular complexity index is 630. The van der Waals surface area contributed by atoms with Crippen molar-refractivity contribution >= 4 is 16.5 Å². The number of nitrogens with one attached hydrogen (secondary N) is 1. The quantitative estimate of drug-likeness (QED) is 0.773. The summed E-state index contributed by atoms with van der Waals surface area (Å²) in [5.74, 6) is -0.0568. The Balaban J connectivity index is 1.91. The molecule has 0 aliphatic heterocycles. The fourth-order valence-corrected chi connectivity index (χ4v) is 2.35. The van der Waals surface area contributed by atoms with Gasteiger partial charge in [0.15, 0.2) is 5.13 Å². The summed E-state index contributed by atoms with van der Waals surface area (Å²) >= 11 is 0.425. The van der Waals surface area contributed by atoms with Crippen LogP contribution < -0.4 is 10.1 Å². The molecule has 0 bridgehead atoms. The lowest BCUT2D eigenvalue weighted by Crippen LogP contribution is -2.12. The number of nitrogens with zero attached hydrogens (tertiary/aromatic N) is 1. The first-order valence-electron chi connectivity index (χ1n) is 6.25. The molecule has 0 aliphatic carbocycles. The van der Waals surface area contributed by atoms with Crippen molar-refractivity contribution in [2.75, 3.05) is 11.9 Å². The molecule has 0 spiro atoms. The monoisotopic (exact) mass is 354 g/mol. The number of aliphatic hydroxyl groups excluding tert-OH is 1. The molecule has 2 rings (SSSR count). The Kier molecular flexibility index (Phi) is 5.37. The van der Waals surface area contributed by atoms with E-state index in [0.29, 0.717) is 23.1 Å². The highest BCUT2D eigenvalue weighted by molar-refractivity contribution is 7.15. The van der Waals surface area contributed by atoms with Gasteiger partial charge in [-0.1, -0.05) is 23.5 Å². The molecule has 1 heterocycles. The average molecular weight is 354 g/mol. The molecule has 0 fully saturated rings. The van der Waals surface area contributed by atoms with Crippen molar-refractivity contribution in [2.45, 2.75) is 18.9 Å². The lowest BCUT2D eigenvalue weighted by Gasteiger charge is -2.12. The van der Waals surface area contributed by atoms with Gasteiger partial charge in [0.05, 0.1) is 12.3 Å². The number of aromatic nitrogens is 1. The molecule has 1 aromatic carbocycles. The molecular formula is C13H11F5N2O2S. The number of ether oxygens (including phenoxy) is 1. The first-order valence-corrected chi connectivity index (χ1v) is 7.07. The molecule has 23 heavy (non-hydrogen) atoms. The van der Waals surface area contributed by atoms with Crippen LogP contribution in [0.3, 0.4) is 0 Å². The average Bonchev–Trinajstić information content (AvgIpc) is 2.94. The van der Waals surface area contributed by atoms with Crippen molar-refractivity contribution in [1.82, 2.24) is 4.98 Å². The summed E-state index contributed by atoms with van der Waals surface area (Å²) in [5.41, 5.74) is 0.395. The van der Waals surface area contributed by atoms with Gasteiger partial charge in [-0.25, -0.2) is 4.98 Å². The standard InChI is InChI=1S/C13H11F5N2O2S/c14-11(15)22-8-3-1-7(2-4-8)9(21)5-19-12-20-6-10(23-12)13(16,17)18/h1-4,6,9,11,21H,5H2,(H,19,20). The number of anilines is 1. The van der Waals surface area contributed by atoms with Gasteiger partial charge >= 0.3 is 12.8 Å². The molecule has 0 saturated heterocycles. The van der Waals surface area contributed by atoms with Gasteiger partial charge < -0.3 is 15.2 Å². The maximum Gasteiger partial charge on any atom is 0.427 e. The van der Waals surface area contributed by atoms with Crippen LogP contribution >= 0.6 is 11.3 Å². The number of alkyl halides is 5. The van der Waals surface area contributed by atoms with Crippen LogP contribution in [0.2, 0.25) is 0 Å². The van der Waals surface area contributed by atoms with Crippen LogP contribution in [0.1, 0.15) is 16.5 Å². The van der Waals surface area contributed by atoms with Crippen LogP contribution in [-0.2, 0) is 6.18 Å². The number of hydrogen-bond acceptors (Lipinski definition) is 5. The van der Waals surface area contributed by atoms with Crippen LogP contribution in [-0.4, -0.2) is 23.2 Å².